The molecule has 1 aliphatic rings. The molecule has 188 valence electrons. The Morgan fingerprint density at radius 3 is 2.49 bits per heavy atom. The molecule has 1 fully saturated rings. The molecule has 0 amide bonds. The van der Waals surface area contributed by atoms with Crippen LogP contribution < -0.4 is 10.5 Å². The molecule has 0 bridgehead atoms. The van der Waals surface area contributed by atoms with Gasteiger partial charge in [0.2, 0.25) is 0 Å². The first-order valence-electron chi connectivity index (χ1n) is 10.1. The largest absolute Gasteiger partial charge is 0.416 e. The fourth-order valence-corrected chi connectivity index (χ4v) is 3.48. The number of rotatable bonds is 7. The van der Waals surface area contributed by atoms with Crippen LogP contribution in [0.4, 0.5) is 36.4 Å². The van der Waals surface area contributed by atoms with Gasteiger partial charge in [0.1, 0.15) is 11.5 Å². The van der Waals surface area contributed by atoms with Crippen molar-refractivity contribution in [1.82, 2.24) is 24.8 Å². The first kappa shape index (κ1) is 24.6. The van der Waals surface area contributed by atoms with Crippen molar-refractivity contribution in [3.05, 3.63) is 57.9 Å². The number of halogens is 7. The van der Waals surface area contributed by atoms with Crippen molar-refractivity contribution >= 4 is 5.69 Å². The van der Waals surface area contributed by atoms with Crippen molar-refractivity contribution in [2.45, 2.75) is 31.6 Å². The van der Waals surface area contributed by atoms with Gasteiger partial charge in [-0.3, -0.25) is 4.79 Å². The average Bonchev–Trinajstić information content (AvgIpc) is 3.10. The summed E-state index contributed by atoms with van der Waals surface area (Å²) in [6.45, 7) is -0.0510. The molecule has 0 saturated carbocycles. The standard InChI is InChI=1S/C20H17F7N6O2/c1-31-15(17(29-30-31)13-3-2-10(4-14(13)21)20(25,26)27)9-33-16(34)5-11(6-28-33)32-7-12(8-32)35-19(24)18(22)23/h2-6,12,18-19H,7-9H2,1H3. The molecule has 3 aromatic rings. The topological polar surface area (TPSA) is 78.1 Å². The second-order valence-electron chi connectivity index (χ2n) is 7.76. The minimum Gasteiger partial charge on any atom is -0.365 e. The Kier molecular flexibility index (Phi) is 6.53. The summed E-state index contributed by atoms with van der Waals surface area (Å²) in [5, 5.41) is 11.6. The zero-order valence-corrected chi connectivity index (χ0v) is 17.9. The van der Waals surface area contributed by atoms with E-state index in [0.29, 0.717) is 17.8 Å². The first-order valence-corrected chi connectivity index (χ1v) is 10.1. The van der Waals surface area contributed by atoms with Crippen LogP contribution in [0, 0.1) is 5.82 Å². The quantitative estimate of drug-likeness (QED) is 0.459. The number of hydrogen-bond acceptors (Lipinski definition) is 6. The number of benzene rings is 1. The molecule has 1 atom stereocenters. The van der Waals surface area contributed by atoms with Gasteiger partial charge in [-0.25, -0.2) is 26.9 Å². The fraction of sp³-hybridized carbons (Fsp3) is 0.400. The van der Waals surface area contributed by atoms with Crippen LogP contribution in [-0.4, -0.2) is 56.8 Å². The van der Waals surface area contributed by atoms with Gasteiger partial charge in [0, 0.05) is 31.8 Å². The lowest BCUT2D eigenvalue weighted by Gasteiger charge is -2.40. The van der Waals surface area contributed by atoms with Crippen molar-refractivity contribution in [3.63, 3.8) is 0 Å². The second kappa shape index (κ2) is 9.28. The van der Waals surface area contributed by atoms with E-state index in [2.05, 4.69) is 20.1 Å². The highest BCUT2D eigenvalue weighted by atomic mass is 19.4. The smallest absolute Gasteiger partial charge is 0.365 e. The first-order chi connectivity index (χ1) is 16.4. The summed E-state index contributed by atoms with van der Waals surface area (Å²) in [6, 6.07) is 3.21. The van der Waals surface area contributed by atoms with E-state index < -0.39 is 42.0 Å². The zero-order valence-electron chi connectivity index (χ0n) is 17.9. The summed E-state index contributed by atoms with van der Waals surface area (Å²) in [5.41, 5.74) is -1.46. The van der Waals surface area contributed by atoms with Gasteiger partial charge in [0.15, 0.2) is 0 Å². The van der Waals surface area contributed by atoms with Crippen molar-refractivity contribution in [1.29, 1.82) is 0 Å². The molecule has 15 heteroatoms. The van der Waals surface area contributed by atoms with E-state index in [-0.39, 0.29) is 36.6 Å². The summed E-state index contributed by atoms with van der Waals surface area (Å²) >= 11 is 0. The van der Waals surface area contributed by atoms with Gasteiger partial charge in [0.05, 0.1) is 35.8 Å². The maximum atomic E-state index is 14.5. The van der Waals surface area contributed by atoms with Crippen LogP contribution >= 0.6 is 0 Å². The minimum absolute atomic E-state index is 0.0564. The van der Waals surface area contributed by atoms with Crippen LogP contribution in [0.3, 0.4) is 0 Å². The van der Waals surface area contributed by atoms with Gasteiger partial charge in [0.25, 0.3) is 18.3 Å². The Bertz CT molecular complexity index is 1270. The molecule has 35 heavy (non-hydrogen) atoms. The number of ether oxygens (including phenoxy) is 1. The van der Waals surface area contributed by atoms with Gasteiger partial charge >= 0.3 is 6.18 Å². The number of aromatic nitrogens is 5. The average molecular weight is 506 g/mol. The lowest BCUT2D eigenvalue weighted by Crippen LogP contribution is -2.54. The van der Waals surface area contributed by atoms with Gasteiger partial charge in [-0.1, -0.05) is 5.21 Å². The third-order valence-electron chi connectivity index (χ3n) is 5.38. The van der Waals surface area contributed by atoms with Gasteiger partial charge in [-0.05, 0) is 18.2 Å². The van der Waals surface area contributed by atoms with Crippen LogP contribution in [-0.2, 0) is 24.5 Å². The molecule has 1 saturated heterocycles. The number of alkyl halides is 6. The Hall–Kier alpha value is -3.49. The van der Waals surface area contributed by atoms with E-state index >= 15 is 0 Å². The molecule has 0 spiro atoms. The van der Waals surface area contributed by atoms with Crippen molar-refractivity contribution < 1.29 is 35.5 Å². The van der Waals surface area contributed by atoms with Gasteiger partial charge < -0.3 is 9.64 Å². The molecule has 0 radical (unpaired) electrons. The molecular formula is C20H17F7N6O2. The molecular weight excluding hydrogens is 489 g/mol. The Morgan fingerprint density at radius 2 is 1.89 bits per heavy atom. The van der Waals surface area contributed by atoms with Gasteiger partial charge in [-0.15, -0.1) is 5.10 Å². The summed E-state index contributed by atoms with van der Waals surface area (Å²) in [7, 11) is 1.46. The Labute approximate surface area is 192 Å². The lowest BCUT2D eigenvalue weighted by atomic mass is 10.1. The Morgan fingerprint density at radius 1 is 1.17 bits per heavy atom. The molecule has 3 heterocycles. The fourth-order valence-electron chi connectivity index (χ4n) is 3.48. The molecule has 8 nitrogen and oxygen atoms in total. The number of hydrogen-bond donors (Lipinski definition) is 0. The Balaban J connectivity index is 1.51. The third-order valence-corrected chi connectivity index (χ3v) is 5.38. The van der Waals surface area contributed by atoms with Crippen LogP contribution in [0.5, 0.6) is 0 Å². The summed E-state index contributed by atoms with van der Waals surface area (Å²) < 4.78 is 97.2. The third kappa shape index (κ3) is 5.13. The van der Waals surface area contributed by atoms with E-state index in [9.17, 15) is 35.5 Å². The zero-order chi connectivity index (χ0) is 25.5. The molecule has 1 unspecified atom stereocenters. The lowest BCUT2D eigenvalue weighted by molar-refractivity contribution is -0.162. The maximum Gasteiger partial charge on any atom is 0.416 e. The molecule has 1 aromatic carbocycles. The summed E-state index contributed by atoms with van der Waals surface area (Å²) in [4.78, 5) is 14.2. The normalized spacial score (nSPS) is 15.5. The SMILES string of the molecule is Cn1nnc(-c2ccc(C(F)(F)F)cc2F)c1Cn1ncc(N2CC(OC(F)C(F)F)C2)cc1=O. The summed E-state index contributed by atoms with van der Waals surface area (Å²) in [6.07, 6.45) is -10.1. The van der Waals surface area contributed by atoms with Crippen LogP contribution in [0.15, 0.2) is 35.3 Å². The predicted molar refractivity (Wildman–Crippen MR) is 107 cm³/mol. The van der Waals surface area contributed by atoms with Gasteiger partial charge in [-0.2, -0.15) is 18.3 Å². The van der Waals surface area contributed by atoms with E-state index in [1.165, 1.54) is 24.0 Å². The van der Waals surface area contributed by atoms with Crippen molar-refractivity contribution in [2.75, 3.05) is 18.0 Å². The second-order valence-corrected chi connectivity index (χ2v) is 7.76. The van der Waals surface area contributed by atoms with E-state index in [0.717, 1.165) is 10.7 Å². The monoisotopic (exact) mass is 506 g/mol. The highest BCUT2D eigenvalue weighted by molar-refractivity contribution is 5.62. The molecule has 0 N–H and O–H groups in total. The highest BCUT2D eigenvalue weighted by Gasteiger charge is 2.34. The van der Waals surface area contributed by atoms with E-state index in [4.69, 9.17) is 0 Å². The van der Waals surface area contributed by atoms with Crippen LogP contribution in [0.2, 0.25) is 0 Å². The number of anilines is 1. The molecule has 0 aliphatic carbocycles. The van der Waals surface area contributed by atoms with Crippen LogP contribution in [0.1, 0.15) is 11.3 Å². The maximum absolute atomic E-state index is 14.5. The molecule has 4 rings (SSSR count). The van der Waals surface area contributed by atoms with Crippen molar-refractivity contribution in [2.24, 2.45) is 7.05 Å². The predicted octanol–water partition coefficient (Wildman–Crippen LogP) is 3.01. The van der Waals surface area contributed by atoms with Crippen LogP contribution in [0.25, 0.3) is 11.3 Å². The van der Waals surface area contributed by atoms with E-state index in [1.54, 1.807) is 4.90 Å². The molecule has 2 aromatic heterocycles. The van der Waals surface area contributed by atoms with Crippen molar-refractivity contribution in [3.8, 4) is 11.3 Å². The van der Waals surface area contributed by atoms with E-state index in [1.807, 2.05) is 0 Å². The molecule has 1 aliphatic heterocycles. The highest BCUT2D eigenvalue weighted by Crippen LogP contribution is 2.33. The number of nitrogens with zero attached hydrogens (tertiary/aromatic N) is 6. The number of aryl methyl sites for hydroxylation is 1. The minimum atomic E-state index is -4.72. The summed E-state index contributed by atoms with van der Waals surface area (Å²) in [5.74, 6) is -1.16.